The van der Waals surface area contributed by atoms with Gasteiger partial charge in [0.05, 0.1) is 6.54 Å². The molecule has 0 aromatic carbocycles. The number of fused-ring (bicyclic) bond motifs is 1. The lowest BCUT2D eigenvalue weighted by molar-refractivity contribution is -0.140. The smallest absolute Gasteiger partial charge is 0.317 e. The number of hydrogen-bond acceptors (Lipinski definition) is 3. The Kier molecular flexibility index (Phi) is 4.45. The highest BCUT2D eigenvalue weighted by Crippen LogP contribution is 2.32. The number of piperidine rings is 1. The SMILES string of the molecule is CCC(C)N(CC(=O)O)C1CC(=O)N2CCCCC12. The molecule has 2 aliphatic rings. The predicted octanol–water partition coefficient (Wildman–Crippen LogP) is 1.32. The molecule has 0 radical (unpaired) electrons. The van der Waals surface area contributed by atoms with E-state index in [1.807, 2.05) is 9.80 Å². The molecule has 0 bridgehead atoms. The Hall–Kier alpha value is -1.10. The lowest BCUT2D eigenvalue weighted by Crippen LogP contribution is -2.51. The molecule has 2 fully saturated rings. The Balaban J connectivity index is 2.16. The number of hydrogen-bond donors (Lipinski definition) is 1. The summed E-state index contributed by atoms with van der Waals surface area (Å²) >= 11 is 0. The maximum atomic E-state index is 12.1. The highest BCUT2D eigenvalue weighted by Gasteiger charge is 2.44. The van der Waals surface area contributed by atoms with Crippen LogP contribution < -0.4 is 0 Å². The summed E-state index contributed by atoms with van der Waals surface area (Å²) in [4.78, 5) is 27.2. The third-order valence-electron chi connectivity index (χ3n) is 4.60. The van der Waals surface area contributed by atoms with Gasteiger partial charge in [-0.15, -0.1) is 0 Å². The molecule has 1 amide bonds. The fraction of sp³-hybridized carbons (Fsp3) is 0.857. The molecule has 2 saturated heterocycles. The molecule has 0 saturated carbocycles. The highest BCUT2D eigenvalue weighted by atomic mass is 16.4. The Morgan fingerprint density at radius 2 is 2.26 bits per heavy atom. The second kappa shape index (κ2) is 5.90. The van der Waals surface area contributed by atoms with Crippen LogP contribution in [0.3, 0.4) is 0 Å². The number of aliphatic carboxylic acids is 1. The predicted molar refractivity (Wildman–Crippen MR) is 71.9 cm³/mol. The topological polar surface area (TPSA) is 60.9 Å². The summed E-state index contributed by atoms with van der Waals surface area (Å²) in [6.45, 7) is 5.01. The minimum absolute atomic E-state index is 0.0390. The first-order valence-corrected chi connectivity index (χ1v) is 7.31. The molecular weight excluding hydrogens is 244 g/mol. The van der Waals surface area contributed by atoms with Crippen molar-refractivity contribution in [2.75, 3.05) is 13.1 Å². The van der Waals surface area contributed by atoms with E-state index in [1.54, 1.807) is 0 Å². The van der Waals surface area contributed by atoms with Crippen molar-refractivity contribution < 1.29 is 14.7 Å². The zero-order valence-corrected chi connectivity index (χ0v) is 11.8. The van der Waals surface area contributed by atoms with Crippen molar-refractivity contribution in [2.24, 2.45) is 0 Å². The maximum absolute atomic E-state index is 12.1. The average molecular weight is 268 g/mol. The fourth-order valence-electron chi connectivity index (χ4n) is 3.43. The third-order valence-corrected chi connectivity index (χ3v) is 4.60. The lowest BCUT2D eigenvalue weighted by Gasteiger charge is -2.39. The Morgan fingerprint density at radius 3 is 2.89 bits per heavy atom. The molecule has 2 rings (SSSR count). The van der Waals surface area contributed by atoms with Gasteiger partial charge in [-0.1, -0.05) is 6.92 Å². The van der Waals surface area contributed by atoms with E-state index in [4.69, 9.17) is 5.11 Å². The van der Waals surface area contributed by atoms with Crippen molar-refractivity contribution in [2.45, 2.75) is 64.1 Å². The van der Waals surface area contributed by atoms with Gasteiger partial charge in [0.2, 0.25) is 5.91 Å². The van der Waals surface area contributed by atoms with E-state index in [9.17, 15) is 9.59 Å². The number of carboxylic acids is 1. The summed E-state index contributed by atoms with van der Waals surface area (Å²) in [6, 6.07) is 0.518. The van der Waals surface area contributed by atoms with Crippen molar-refractivity contribution in [1.29, 1.82) is 0 Å². The van der Waals surface area contributed by atoms with Crippen LogP contribution >= 0.6 is 0 Å². The Labute approximate surface area is 114 Å². The van der Waals surface area contributed by atoms with Crippen LogP contribution in [-0.2, 0) is 9.59 Å². The molecule has 0 aliphatic carbocycles. The molecule has 2 aliphatic heterocycles. The highest BCUT2D eigenvalue weighted by molar-refractivity contribution is 5.80. The van der Waals surface area contributed by atoms with Crippen LogP contribution in [0.4, 0.5) is 0 Å². The first kappa shape index (κ1) is 14.3. The number of nitrogens with zero attached hydrogens (tertiary/aromatic N) is 2. The van der Waals surface area contributed by atoms with E-state index >= 15 is 0 Å². The summed E-state index contributed by atoms with van der Waals surface area (Å²) in [6.07, 6.45) is 4.64. The van der Waals surface area contributed by atoms with E-state index in [0.717, 1.165) is 32.2 Å². The molecular formula is C14H24N2O3. The molecule has 5 heteroatoms. The van der Waals surface area contributed by atoms with Crippen molar-refractivity contribution >= 4 is 11.9 Å². The van der Waals surface area contributed by atoms with Crippen molar-refractivity contribution in [3.05, 3.63) is 0 Å². The quantitative estimate of drug-likeness (QED) is 0.817. The maximum Gasteiger partial charge on any atom is 0.317 e. The van der Waals surface area contributed by atoms with Crippen LogP contribution in [0.2, 0.25) is 0 Å². The molecule has 0 aromatic rings. The molecule has 3 atom stereocenters. The van der Waals surface area contributed by atoms with Crippen molar-refractivity contribution in [3.8, 4) is 0 Å². The van der Waals surface area contributed by atoms with Crippen LogP contribution in [0.15, 0.2) is 0 Å². The second-order valence-electron chi connectivity index (χ2n) is 5.75. The average Bonchev–Trinajstić information content (AvgIpc) is 2.73. The summed E-state index contributed by atoms with van der Waals surface area (Å²) < 4.78 is 0. The second-order valence-corrected chi connectivity index (χ2v) is 5.75. The van der Waals surface area contributed by atoms with Gasteiger partial charge in [0, 0.05) is 31.1 Å². The molecule has 108 valence electrons. The summed E-state index contributed by atoms with van der Waals surface area (Å²) in [7, 11) is 0. The van der Waals surface area contributed by atoms with Gasteiger partial charge in [0.15, 0.2) is 0 Å². The van der Waals surface area contributed by atoms with Crippen LogP contribution in [0.25, 0.3) is 0 Å². The Bertz CT molecular complexity index is 359. The molecule has 3 unspecified atom stereocenters. The van der Waals surface area contributed by atoms with E-state index in [-0.39, 0.29) is 30.6 Å². The number of amides is 1. The van der Waals surface area contributed by atoms with Crippen LogP contribution in [0, 0.1) is 0 Å². The molecule has 0 spiro atoms. The van der Waals surface area contributed by atoms with Gasteiger partial charge in [-0.25, -0.2) is 0 Å². The largest absolute Gasteiger partial charge is 0.480 e. The van der Waals surface area contributed by atoms with Crippen LogP contribution in [-0.4, -0.2) is 58.0 Å². The summed E-state index contributed by atoms with van der Waals surface area (Å²) in [5, 5.41) is 9.11. The third kappa shape index (κ3) is 2.91. The molecule has 0 aromatic heterocycles. The lowest BCUT2D eigenvalue weighted by atomic mass is 9.96. The van der Waals surface area contributed by atoms with E-state index in [2.05, 4.69) is 13.8 Å². The van der Waals surface area contributed by atoms with E-state index < -0.39 is 5.97 Å². The summed E-state index contributed by atoms with van der Waals surface area (Å²) in [5.41, 5.74) is 0. The van der Waals surface area contributed by atoms with E-state index in [0.29, 0.717) is 6.42 Å². The van der Waals surface area contributed by atoms with Crippen LogP contribution in [0.1, 0.15) is 46.0 Å². The zero-order valence-electron chi connectivity index (χ0n) is 11.8. The molecule has 5 nitrogen and oxygen atoms in total. The molecule has 19 heavy (non-hydrogen) atoms. The van der Waals surface area contributed by atoms with Crippen molar-refractivity contribution in [1.82, 2.24) is 9.80 Å². The number of rotatable bonds is 5. The summed E-state index contributed by atoms with van der Waals surface area (Å²) in [5.74, 6) is -0.601. The minimum Gasteiger partial charge on any atom is -0.480 e. The normalized spacial score (nSPS) is 28.6. The molecule has 2 heterocycles. The monoisotopic (exact) mass is 268 g/mol. The zero-order chi connectivity index (χ0) is 14.0. The first-order valence-electron chi connectivity index (χ1n) is 7.31. The fourth-order valence-corrected chi connectivity index (χ4v) is 3.43. The van der Waals surface area contributed by atoms with E-state index in [1.165, 1.54) is 0 Å². The van der Waals surface area contributed by atoms with Gasteiger partial charge in [-0.3, -0.25) is 14.5 Å². The van der Waals surface area contributed by atoms with Gasteiger partial charge < -0.3 is 10.0 Å². The number of carbonyl (C=O) groups excluding carboxylic acids is 1. The molecule has 1 N–H and O–H groups in total. The van der Waals surface area contributed by atoms with Gasteiger partial charge in [0.25, 0.3) is 0 Å². The van der Waals surface area contributed by atoms with Gasteiger partial charge >= 0.3 is 5.97 Å². The first-order chi connectivity index (χ1) is 9.04. The minimum atomic E-state index is -0.804. The standard InChI is InChI=1S/C14H24N2O3/c1-3-10(2)16(9-14(18)19)12-8-13(17)15-7-5-4-6-11(12)15/h10-12H,3-9H2,1-2H3,(H,18,19). The van der Waals surface area contributed by atoms with Gasteiger partial charge in [-0.05, 0) is 32.6 Å². The van der Waals surface area contributed by atoms with Crippen molar-refractivity contribution in [3.63, 3.8) is 0 Å². The van der Waals surface area contributed by atoms with Gasteiger partial charge in [0.1, 0.15) is 0 Å². The number of carbonyl (C=O) groups is 2. The van der Waals surface area contributed by atoms with Gasteiger partial charge in [-0.2, -0.15) is 0 Å². The number of carboxylic acid groups (broad SMARTS) is 1. The Morgan fingerprint density at radius 1 is 1.53 bits per heavy atom. The van der Waals surface area contributed by atoms with Crippen LogP contribution in [0.5, 0.6) is 0 Å².